The number of rotatable bonds is 1. The predicted octanol–water partition coefficient (Wildman–Crippen LogP) is 0.367. The first-order chi connectivity index (χ1) is 7.18. The molecule has 15 heavy (non-hydrogen) atoms. The van der Waals surface area contributed by atoms with Crippen molar-refractivity contribution in [1.82, 2.24) is 9.62 Å². The molecular weight excluding hydrogens is 212 g/mol. The van der Waals surface area contributed by atoms with Crippen LogP contribution in [0.25, 0.3) is 0 Å². The SMILES string of the molecule is O=S1(=O)CCCCCN1C1NCC2CC21. The number of fused-ring (bicyclic) bond motifs is 1. The average molecular weight is 230 g/mol. The maximum absolute atomic E-state index is 12.0. The molecule has 1 saturated carbocycles. The summed E-state index contributed by atoms with van der Waals surface area (Å²) in [6, 6.07) is 0. The zero-order valence-corrected chi connectivity index (χ0v) is 9.67. The van der Waals surface area contributed by atoms with Crippen LogP contribution in [0.15, 0.2) is 0 Å². The first-order valence-electron chi connectivity index (χ1n) is 5.91. The molecule has 3 atom stereocenters. The molecule has 5 heteroatoms. The van der Waals surface area contributed by atoms with Crippen molar-refractivity contribution in [1.29, 1.82) is 0 Å². The Morgan fingerprint density at radius 2 is 2.07 bits per heavy atom. The highest BCUT2D eigenvalue weighted by Crippen LogP contribution is 2.46. The van der Waals surface area contributed by atoms with Crippen LogP contribution in [0.1, 0.15) is 25.7 Å². The topological polar surface area (TPSA) is 49.4 Å². The lowest BCUT2D eigenvalue weighted by molar-refractivity contribution is 0.274. The van der Waals surface area contributed by atoms with Crippen molar-refractivity contribution in [3.8, 4) is 0 Å². The van der Waals surface area contributed by atoms with E-state index >= 15 is 0 Å². The van der Waals surface area contributed by atoms with E-state index in [4.69, 9.17) is 0 Å². The molecule has 3 fully saturated rings. The summed E-state index contributed by atoms with van der Waals surface area (Å²) in [4.78, 5) is 0. The van der Waals surface area contributed by atoms with E-state index in [-0.39, 0.29) is 6.17 Å². The van der Waals surface area contributed by atoms with Gasteiger partial charge in [-0.2, -0.15) is 4.31 Å². The lowest BCUT2D eigenvalue weighted by Gasteiger charge is -2.28. The van der Waals surface area contributed by atoms with Crippen molar-refractivity contribution in [3.05, 3.63) is 0 Å². The number of hydrogen-bond acceptors (Lipinski definition) is 3. The van der Waals surface area contributed by atoms with Crippen LogP contribution in [0.4, 0.5) is 0 Å². The number of sulfonamides is 1. The van der Waals surface area contributed by atoms with Crippen LogP contribution >= 0.6 is 0 Å². The van der Waals surface area contributed by atoms with Crippen LogP contribution in [-0.4, -0.2) is 37.7 Å². The van der Waals surface area contributed by atoms with Crippen molar-refractivity contribution in [2.45, 2.75) is 31.8 Å². The summed E-state index contributed by atoms with van der Waals surface area (Å²) in [6.45, 7) is 1.74. The monoisotopic (exact) mass is 230 g/mol. The van der Waals surface area contributed by atoms with Crippen molar-refractivity contribution in [2.24, 2.45) is 11.8 Å². The van der Waals surface area contributed by atoms with Gasteiger partial charge in [0.15, 0.2) is 0 Å². The second-order valence-corrected chi connectivity index (χ2v) is 7.04. The second kappa shape index (κ2) is 3.43. The Labute approximate surface area is 91.1 Å². The Balaban J connectivity index is 1.82. The summed E-state index contributed by atoms with van der Waals surface area (Å²) in [5.74, 6) is 1.72. The molecule has 0 bridgehead atoms. The molecule has 3 aliphatic rings. The van der Waals surface area contributed by atoms with Gasteiger partial charge in [-0.3, -0.25) is 0 Å². The summed E-state index contributed by atoms with van der Waals surface area (Å²) >= 11 is 0. The first-order valence-corrected chi connectivity index (χ1v) is 7.52. The smallest absolute Gasteiger partial charge is 0.215 e. The van der Waals surface area contributed by atoms with Gasteiger partial charge in [0.25, 0.3) is 0 Å². The van der Waals surface area contributed by atoms with Crippen LogP contribution in [-0.2, 0) is 10.0 Å². The summed E-state index contributed by atoms with van der Waals surface area (Å²) in [5, 5.41) is 3.36. The summed E-state index contributed by atoms with van der Waals surface area (Å²) < 4.78 is 25.8. The maximum Gasteiger partial charge on any atom is 0.215 e. The van der Waals surface area contributed by atoms with E-state index in [2.05, 4.69) is 5.32 Å². The highest BCUT2D eigenvalue weighted by molar-refractivity contribution is 7.89. The van der Waals surface area contributed by atoms with Gasteiger partial charge in [0, 0.05) is 6.54 Å². The van der Waals surface area contributed by atoms with E-state index < -0.39 is 10.0 Å². The third-order valence-corrected chi connectivity index (χ3v) is 5.85. The van der Waals surface area contributed by atoms with Crippen molar-refractivity contribution < 1.29 is 8.42 Å². The molecule has 2 heterocycles. The van der Waals surface area contributed by atoms with Crippen LogP contribution in [0.5, 0.6) is 0 Å². The highest BCUT2D eigenvalue weighted by atomic mass is 32.2. The summed E-state index contributed by atoms with van der Waals surface area (Å²) in [5.41, 5.74) is 0. The third-order valence-electron chi connectivity index (χ3n) is 3.92. The van der Waals surface area contributed by atoms with E-state index in [0.29, 0.717) is 11.7 Å². The van der Waals surface area contributed by atoms with Gasteiger partial charge in [-0.1, -0.05) is 6.42 Å². The molecule has 0 amide bonds. The van der Waals surface area contributed by atoms with Gasteiger partial charge < -0.3 is 5.32 Å². The van der Waals surface area contributed by atoms with E-state index in [9.17, 15) is 8.42 Å². The normalized spacial score (nSPS) is 44.7. The predicted molar refractivity (Wildman–Crippen MR) is 57.7 cm³/mol. The van der Waals surface area contributed by atoms with E-state index in [1.807, 2.05) is 0 Å². The lowest BCUT2D eigenvalue weighted by Crippen LogP contribution is -2.48. The van der Waals surface area contributed by atoms with Gasteiger partial charge in [0.1, 0.15) is 0 Å². The second-order valence-electron chi connectivity index (χ2n) is 5.00. The Kier molecular flexibility index (Phi) is 2.30. The van der Waals surface area contributed by atoms with Gasteiger partial charge in [0.05, 0.1) is 11.9 Å². The standard InChI is InChI=1S/C10H18N2O2S/c13-15(14)5-3-1-2-4-12(15)10-9-6-8(9)7-11-10/h8-11H,1-7H2. The van der Waals surface area contributed by atoms with Gasteiger partial charge in [-0.25, -0.2) is 8.42 Å². The van der Waals surface area contributed by atoms with Crippen molar-refractivity contribution in [2.75, 3.05) is 18.8 Å². The summed E-state index contributed by atoms with van der Waals surface area (Å²) in [7, 11) is -2.98. The van der Waals surface area contributed by atoms with Gasteiger partial charge >= 0.3 is 0 Å². The minimum atomic E-state index is -2.98. The molecule has 0 spiro atoms. The molecular formula is C10H18N2O2S. The molecule has 1 N–H and O–H groups in total. The number of piperidine rings is 1. The Morgan fingerprint density at radius 1 is 1.20 bits per heavy atom. The Morgan fingerprint density at radius 3 is 2.73 bits per heavy atom. The summed E-state index contributed by atoms with van der Waals surface area (Å²) in [6.07, 6.45) is 4.26. The van der Waals surface area contributed by atoms with Crippen LogP contribution in [0.2, 0.25) is 0 Å². The minimum Gasteiger partial charge on any atom is -0.300 e. The molecule has 3 rings (SSSR count). The number of nitrogens with zero attached hydrogens (tertiary/aromatic N) is 1. The van der Waals surface area contributed by atoms with Crippen molar-refractivity contribution >= 4 is 10.0 Å². The zero-order chi connectivity index (χ0) is 10.5. The lowest BCUT2D eigenvalue weighted by atomic mass is 10.2. The molecule has 2 aliphatic heterocycles. The molecule has 2 saturated heterocycles. The minimum absolute atomic E-state index is 0.123. The fourth-order valence-corrected chi connectivity index (χ4v) is 4.72. The van der Waals surface area contributed by atoms with Crippen LogP contribution < -0.4 is 5.32 Å². The maximum atomic E-state index is 12.0. The van der Waals surface area contributed by atoms with E-state index in [1.165, 1.54) is 6.42 Å². The zero-order valence-electron chi connectivity index (χ0n) is 8.85. The van der Waals surface area contributed by atoms with E-state index in [1.54, 1.807) is 4.31 Å². The van der Waals surface area contributed by atoms with Crippen LogP contribution in [0, 0.1) is 11.8 Å². The molecule has 4 nitrogen and oxygen atoms in total. The molecule has 86 valence electrons. The van der Waals surface area contributed by atoms with Crippen LogP contribution in [0.3, 0.4) is 0 Å². The van der Waals surface area contributed by atoms with E-state index in [0.717, 1.165) is 38.3 Å². The third kappa shape index (κ3) is 1.70. The first kappa shape index (κ1) is 10.1. The molecule has 0 radical (unpaired) electrons. The highest BCUT2D eigenvalue weighted by Gasteiger charge is 2.52. The molecule has 0 aromatic heterocycles. The molecule has 3 unspecified atom stereocenters. The molecule has 0 aromatic rings. The number of nitrogens with one attached hydrogen (secondary N) is 1. The Hall–Kier alpha value is -0.130. The fourth-order valence-electron chi connectivity index (χ4n) is 2.93. The van der Waals surface area contributed by atoms with Gasteiger partial charge in [0.2, 0.25) is 10.0 Å². The largest absolute Gasteiger partial charge is 0.300 e. The quantitative estimate of drug-likeness (QED) is 0.708. The number of hydrogen-bond donors (Lipinski definition) is 1. The van der Waals surface area contributed by atoms with Crippen molar-refractivity contribution in [3.63, 3.8) is 0 Å². The van der Waals surface area contributed by atoms with Gasteiger partial charge in [-0.15, -0.1) is 0 Å². The Bertz CT molecular complexity index is 354. The van der Waals surface area contributed by atoms with Gasteiger partial charge in [-0.05, 0) is 37.6 Å². The average Bonchev–Trinajstić information content (AvgIpc) is 2.89. The molecule has 1 aliphatic carbocycles. The fraction of sp³-hybridized carbons (Fsp3) is 1.00. The molecule has 0 aromatic carbocycles.